The van der Waals surface area contributed by atoms with Gasteiger partial charge in [-0.25, -0.2) is 0 Å². The Morgan fingerprint density at radius 2 is 2.19 bits per heavy atom. The van der Waals surface area contributed by atoms with Gasteiger partial charge in [-0.15, -0.1) is 0 Å². The van der Waals surface area contributed by atoms with Crippen LogP contribution in [0.4, 0.5) is 0 Å². The van der Waals surface area contributed by atoms with Crippen molar-refractivity contribution in [2.75, 3.05) is 7.11 Å². The lowest BCUT2D eigenvalue weighted by Crippen LogP contribution is -2.13. The largest absolute Gasteiger partial charge is 0.497 e. The van der Waals surface area contributed by atoms with Gasteiger partial charge >= 0.3 is 0 Å². The zero-order valence-corrected chi connectivity index (χ0v) is 9.23. The first-order chi connectivity index (χ1) is 7.67. The Bertz CT molecular complexity index is 587. The molecular formula is C12H13NO3. The van der Waals surface area contributed by atoms with E-state index in [-0.39, 0.29) is 12.0 Å². The fourth-order valence-electron chi connectivity index (χ4n) is 1.78. The van der Waals surface area contributed by atoms with E-state index in [9.17, 15) is 4.79 Å². The summed E-state index contributed by atoms with van der Waals surface area (Å²) in [6, 6.07) is 5.33. The number of aliphatic hydroxyl groups is 1. The molecule has 0 bridgehead atoms. The van der Waals surface area contributed by atoms with Crippen LogP contribution < -0.4 is 10.2 Å². The molecule has 0 radical (unpaired) electrons. The van der Waals surface area contributed by atoms with Crippen molar-refractivity contribution in [3.63, 3.8) is 0 Å². The fraction of sp³-hybridized carbons (Fsp3) is 0.250. The van der Waals surface area contributed by atoms with Gasteiger partial charge in [0.15, 0.2) is 5.43 Å². The Balaban J connectivity index is 2.86. The second-order valence-electron chi connectivity index (χ2n) is 3.64. The fourth-order valence-corrected chi connectivity index (χ4v) is 1.78. The van der Waals surface area contributed by atoms with Crippen LogP contribution in [0, 0.1) is 0 Å². The van der Waals surface area contributed by atoms with Gasteiger partial charge in [0.25, 0.3) is 0 Å². The lowest BCUT2D eigenvalue weighted by atomic mass is 10.1. The van der Waals surface area contributed by atoms with Crippen molar-refractivity contribution in [1.29, 1.82) is 0 Å². The smallest absolute Gasteiger partial charge is 0.195 e. The van der Waals surface area contributed by atoms with Crippen LogP contribution in [-0.4, -0.2) is 16.8 Å². The molecule has 0 unspecified atom stereocenters. The van der Waals surface area contributed by atoms with Crippen molar-refractivity contribution in [2.24, 2.45) is 7.05 Å². The third kappa shape index (κ3) is 1.57. The summed E-state index contributed by atoms with van der Waals surface area (Å²) in [4.78, 5) is 12.0. The van der Waals surface area contributed by atoms with E-state index in [0.717, 1.165) is 5.52 Å². The number of aryl methyl sites for hydroxylation is 1. The van der Waals surface area contributed by atoms with E-state index >= 15 is 0 Å². The number of ether oxygens (including phenoxy) is 1. The predicted octanol–water partition coefficient (Wildman–Crippen LogP) is 1.04. The van der Waals surface area contributed by atoms with E-state index in [1.165, 1.54) is 0 Å². The van der Waals surface area contributed by atoms with Crippen LogP contribution in [-0.2, 0) is 13.7 Å². The average Bonchev–Trinajstić information content (AvgIpc) is 2.33. The van der Waals surface area contributed by atoms with Crippen LogP contribution in [0.1, 0.15) is 5.56 Å². The number of methoxy groups -OCH3 is 1. The molecule has 0 saturated heterocycles. The van der Waals surface area contributed by atoms with Gasteiger partial charge in [0.05, 0.1) is 19.2 Å². The molecule has 2 rings (SSSR count). The Hall–Kier alpha value is -1.81. The summed E-state index contributed by atoms with van der Waals surface area (Å²) < 4.78 is 6.90. The minimum Gasteiger partial charge on any atom is -0.497 e. The normalized spacial score (nSPS) is 10.7. The van der Waals surface area contributed by atoms with Gasteiger partial charge in [0, 0.05) is 24.2 Å². The number of aromatic nitrogens is 1. The molecule has 0 aliphatic carbocycles. The maximum atomic E-state index is 12.0. The summed E-state index contributed by atoms with van der Waals surface area (Å²) in [6.07, 6.45) is 1.65. The summed E-state index contributed by atoms with van der Waals surface area (Å²) in [6.45, 7) is -0.250. The Morgan fingerprint density at radius 1 is 1.44 bits per heavy atom. The zero-order chi connectivity index (χ0) is 11.7. The van der Waals surface area contributed by atoms with Crippen molar-refractivity contribution in [1.82, 2.24) is 4.57 Å². The molecule has 0 aliphatic rings. The van der Waals surface area contributed by atoms with E-state index in [4.69, 9.17) is 9.84 Å². The van der Waals surface area contributed by atoms with Crippen LogP contribution >= 0.6 is 0 Å². The molecule has 0 spiro atoms. The van der Waals surface area contributed by atoms with Gasteiger partial charge < -0.3 is 14.4 Å². The minimum absolute atomic E-state index is 0.144. The molecule has 0 atom stereocenters. The molecule has 1 N–H and O–H groups in total. The molecule has 0 amide bonds. The van der Waals surface area contributed by atoms with Gasteiger partial charge in [-0.05, 0) is 18.2 Å². The lowest BCUT2D eigenvalue weighted by Gasteiger charge is -2.08. The number of rotatable bonds is 2. The second-order valence-corrected chi connectivity index (χ2v) is 3.64. The molecule has 1 aromatic carbocycles. The third-order valence-electron chi connectivity index (χ3n) is 2.64. The SMILES string of the molecule is COc1ccc2c(c1)c(=O)c(CO)cn2C. The van der Waals surface area contributed by atoms with Crippen LogP contribution in [0.3, 0.4) is 0 Å². The molecule has 1 heterocycles. The molecular weight excluding hydrogens is 206 g/mol. The number of aliphatic hydroxyl groups excluding tert-OH is 1. The van der Waals surface area contributed by atoms with Crippen molar-refractivity contribution >= 4 is 10.9 Å². The quantitative estimate of drug-likeness (QED) is 0.821. The molecule has 0 aliphatic heterocycles. The van der Waals surface area contributed by atoms with Gasteiger partial charge in [-0.3, -0.25) is 4.79 Å². The molecule has 1 aromatic heterocycles. The number of pyridine rings is 1. The molecule has 4 heteroatoms. The molecule has 2 aromatic rings. The van der Waals surface area contributed by atoms with Crippen molar-refractivity contribution in [2.45, 2.75) is 6.61 Å². The lowest BCUT2D eigenvalue weighted by molar-refractivity contribution is 0.280. The van der Waals surface area contributed by atoms with Crippen molar-refractivity contribution < 1.29 is 9.84 Å². The first kappa shape index (κ1) is 10.7. The van der Waals surface area contributed by atoms with Crippen molar-refractivity contribution in [3.8, 4) is 5.75 Å². The molecule has 84 valence electrons. The average molecular weight is 219 g/mol. The van der Waals surface area contributed by atoms with E-state index in [0.29, 0.717) is 16.7 Å². The topological polar surface area (TPSA) is 51.5 Å². The zero-order valence-electron chi connectivity index (χ0n) is 9.23. The summed E-state index contributed by atoms with van der Waals surface area (Å²) >= 11 is 0. The summed E-state index contributed by atoms with van der Waals surface area (Å²) in [5, 5.41) is 9.65. The van der Waals surface area contributed by atoms with Crippen LogP contribution in [0.25, 0.3) is 10.9 Å². The van der Waals surface area contributed by atoms with Crippen molar-refractivity contribution in [3.05, 3.63) is 40.2 Å². The van der Waals surface area contributed by atoms with Gasteiger partial charge in [0.1, 0.15) is 5.75 Å². The van der Waals surface area contributed by atoms with Gasteiger partial charge in [0.2, 0.25) is 0 Å². The minimum atomic E-state index is -0.250. The van der Waals surface area contributed by atoms with E-state index in [1.54, 1.807) is 25.4 Å². The number of fused-ring (bicyclic) bond motifs is 1. The Kier molecular flexibility index (Phi) is 2.66. The highest BCUT2D eigenvalue weighted by Gasteiger charge is 2.07. The van der Waals surface area contributed by atoms with Gasteiger partial charge in [-0.2, -0.15) is 0 Å². The van der Waals surface area contributed by atoms with Crippen LogP contribution in [0.15, 0.2) is 29.2 Å². The summed E-state index contributed by atoms with van der Waals surface area (Å²) in [5.74, 6) is 0.639. The van der Waals surface area contributed by atoms with Gasteiger partial charge in [-0.1, -0.05) is 0 Å². The van der Waals surface area contributed by atoms with E-state index < -0.39 is 0 Å². The highest BCUT2D eigenvalue weighted by molar-refractivity contribution is 5.81. The standard InChI is InChI=1S/C12H13NO3/c1-13-6-8(7-14)12(15)10-5-9(16-2)3-4-11(10)13/h3-6,14H,7H2,1-2H3. The monoisotopic (exact) mass is 219 g/mol. The molecule has 0 fully saturated rings. The first-order valence-electron chi connectivity index (χ1n) is 4.94. The van der Waals surface area contributed by atoms with Crippen LogP contribution in [0.2, 0.25) is 0 Å². The number of nitrogens with zero attached hydrogens (tertiary/aromatic N) is 1. The number of hydrogen-bond acceptors (Lipinski definition) is 3. The third-order valence-corrected chi connectivity index (χ3v) is 2.64. The maximum Gasteiger partial charge on any atom is 0.195 e. The summed E-state index contributed by atoms with van der Waals surface area (Å²) in [5.41, 5.74) is 1.07. The highest BCUT2D eigenvalue weighted by Crippen LogP contribution is 2.18. The Labute approximate surface area is 92.7 Å². The van der Waals surface area contributed by atoms with E-state index in [2.05, 4.69) is 0 Å². The molecule has 0 saturated carbocycles. The number of benzene rings is 1. The molecule has 4 nitrogen and oxygen atoms in total. The highest BCUT2D eigenvalue weighted by atomic mass is 16.5. The van der Waals surface area contributed by atoms with E-state index in [1.807, 2.05) is 17.7 Å². The second kappa shape index (κ2) is 3.98. The maximum absolute atomic E-state index is 12.0. The number of hydrogen-bond donors (Lipinski definition) is 1. The molecule has 16 heavy (non-hydrogen) atoms. The van der Waals surface area contributed by atoms with Crippen LogP contribution in [0.5, 0.6) is 5.75 Å². The first-order valence-corrected chi connectivity index (χ1v) is 4.94. The Morgan fingerprint density at radius 3 is 2.81 bits per heavy atom. The summed E-state index contributed by atoms with van der Waals surface area (Å²) in [7, 11) is 3.40. The predicted molar refractivity (Wildman–Crippen MR) is 61.7 cm³/mol.